The molecule has 19 heavy (non-hydrogen) atoms. The Balaban J connectivity index is 2.13. The lowest BCUT2D eigenvalue weighted by molar-refractivity contribution is 0.439. The Morgan fingerprint density at radius 2 is 2.26 bits per heavy atom. The van der Waals surface area contributed by atoms with Crippen molar-refractivity contribution in [2.75, 3.05) is 18.1 Å². The normalized spacial score (nSPS) is 22.4. The molecule has 1 aromatic carbocycles. The highest BCUT2D eigenvalue weighted by Crippen LogP contribution is 2.32. The standard InChI is InChI=1S/C15H22N2S2/c1-10-5-3-6-11(10)9-17-12-7-4-8-13(19-2)14(12)15(16)18/h4,7-8,10-11,17H,3,5-6,9H2,1-2H3,(H2,16,18). The lowest BCUT2D eigenvalue weighted by Crippen LogP contribution is -2.20. The largest absolute Gasteiger partial charge is 0.389 e. The van der Waals surface area contributed by atoms with Crippen LogP contribution in [-0.4, -0.2) is 17.8 Å². The summed E-state index contributed by atoms with van der Waals surface area (Å²) >= 11 is 6.89. The van der Waals surface area contributed by atoms with Crippen LogP contribution in [0.25, 0.3) is 0 Å². The third kappa shape index (κ3) is 3.42. The Bertz CT molecular complexity index is 459. The molecule has 104 valence electrons. The zero-order valence-corrected chi connectivity index (χ0v) is 13.2. The van der Waals surface area contributed by atoms with E-state index >= 15 is 0 Å². The van der Waals surface area contributed by atoms with Crippen molar-refractivity contribution in [2.24, 2.45) is 17.6 Å². The van der Waals surface area contributed by atoms with Gasteiger partial charge in [-0.05, 0) is 36.6 Å². The smallest absolute Gasteiger partial charge is 0.107 e. The first-order valence-electron chi connectivity index (χ1n) is 6.84. The SMILES string of the molecule is CSc1cccc(NCC2CCCC2C)c1C(N)=S. The van der Waals surface area contributed by atoms with Gasteiger partial charge in [-0.25, -0.2) is 0 Å². The summed E-state index contributed by atoms with van der Waals surface area (Å²) in [5, 5.41) is 3.56. The number of benzene rings is 1. The molecule has 1 saturated carbocycles. The molecule has 2 rings (SSSR count). The van der Waals surface area contributed by atoms with Crippen molar-refractivity contribution < 1.29 is 0 Å². The number of thioether (sulfide) groups is 1. The third-order valence-electron chi connectivity index (χ3n) is 4.09. The van der Waals surface area contributed by atoms with Gasteiger partial charge in [0.1, 0.15) is 4.99 Å². The van der Waals surface area contributed by atoms with Crippen molar-refractivity contribution in [1.29, 1.82) is 0 Å². The number of nitrogens with one attached hydrogen (secondary N) is 1. The minimum atomic E-state index is 0.479. The Hall–Kier alpha value is -0.740. The lowest BCUT2D eigenvalue weighted by atomic mass is 9.98. The van der Waals surface area contributed by atoms with Crippen molar-refractivity contribution in [3.05, 3.63) is 23.8 Å². The van der Waals surface area contributed by atoms with E-state index < -0.39 is 0 Å². The van der Waals surface area contributed by atoms with Gasteiger partial charge >= 0.3 is 0 Å². The summed E-state index contributed by atoms with van der Waals surface area (Å²) in [6.07, 6.45) is 6.11. The molecule has 0 aromatic heterocycles. The molecular formula is C15H22N2S2. The van der Waals surface area contributed by atoms with E-state index in [0.717, 1.165) is 34.5 Å². The monoisotopic (exact) mass is 294 g/mol. The fourth-order valence-corrected chi connectivity index (χ4v) is 3.79. The van der Waals surface area contributed by atoms with Crippen LogP contribution < -0.4 is 11.1 Å². The zero-order chi connectivity index (χ0) is 13.8. The van der Waals surface area contributed by atoms with E-state index in [2.05, 4.69) is 36.7 Å². The lowest BCUT2D eigenvalue weighted by Gasteiger charge is -2.19. The summed E-state index contributed by atoms with van der Waals surface area (Å²) in [6, 6.07) is 6.21. The average molecular weight is 294 g/mol. The predicted octanol–water partition coefficient (Wildman–Crippen LogP) is 3.89. The third-order valence-corrected chi connectivity index (χ3v) is 5.07. The maximum Gasteiger partial charge on any atom is 0.107 e. The Morgan fingerprint density at radius 3 is 2.84 bits per heavy atom. The summed E-state index contributed by atoms with van der Waals surface area (Å²) in [5.41, 5.74) is 7.96. The van der Waals surface area contributed by atoms with E-state index in [1.165, 1.54) is 19.3 Å². The molecule has 4 heteroatoms. The van der Waals surface area contributed by atoms with E-state index in [1.54, 1.807) is 11.8 Å². The van der Waals surface area contributed by atoms with Crippen molar-refractivity contribution in [3.8, 4) is 0 Å². The average Bonchev–Trinajstić information content (AvgIpc) is 2.81. The van der Waals surface area contributed by atoms with Crippen molar-refractivity contribution in [2.45, 2.75) is 31.1 Å². The minimum Gasteiger partial charge on any atom is -0.389 e. The summed E-state index contributed by atoms with van der Waals surface area (Å²) in [6.45, 7) is 3.38. The number of anilines is 1. The second-order valence-corrected chi connectivity index (χ2v) is 6.58. The fourth-order valence-electron chi connectivity index (χ4n) is 2.87. The molecule has 1 fully saturated rings. The first kappa shape index (κ1) is 14.7. The van der Waals surface area contributed by atoms with Gasteiger partial charge in [-0.2, -0.15) is 0 Å². The molecule has 2 atom stereocenters. The molecule has 1 aliphatic carbocycles. The molecule has 0 aliphatic heterocycles. The first-order valence-corrected chi connectivity index (χ1v) is 8.47. The summed E-state index contributed by atoms with van der Waals surface area (Å²) in [7, 11) is 0. The predicted molar refractivity (Wildman–Crippen MR) is 89.1 cm³/mol. The van der Waals surface area contributed by atoms with Crippen LogP contribution in [0.1, 0.15) is 31.7 Å². The molecule has 1 aromatic rings. The molecule has 0 bridgehead atoms. The van der Waals surface area contributed by atoms with E-state index in [0.29, 0.717) is 4.99 Å². The van der Waals surface area contributed by atoms with Crippen LogP contribution in [0, 0.1) is 11.8 Å². The van der Waals surface area contributed by atoms with Gasteiger partial charge in [0, 0.05) is 22.7 Å². The number of rotatable bonds is 5. The van der Waals surface area contributed by atoms with Crippen LogP contribution in [-0.2, 0) is 0 Å². The van der Waals surface area contributed by atoms with Crippen LogP contribution in [0.5, 0.6) is 0 Å². The number of thiocarbonyl (C=S) groups is 1. The fraction of sp³-hybridized carbons (Fsp3) is 0.533. The van der Waals surface area contributed by atoms with Crippen molar-refractivity contribution >= 4 is 34.7 Å². The Labute approximate surface area is 125 Å². The number of nitrogens with two attached hydrogens (primary N) is 1. The van der Waals surface area contributed by atoms with Crippen LogP contribution in [0.4, 0.5) is 5.69 Å². The van der Waals surface area contributed by atoms with Crippen LogP contribution in [0.3, 0.4) is 0 Å². The van der Waals surface area contributed by atoms with Gasteiger partial charge in [0.15, 0.2) is 0 Å². The molecule has 0 heterocycles. The second-order valence-electron chi connectivity index (χ2n) is 5.30. The van der Waals surface area contributed by atoms with Gasteiger partial charge in [-0.1, -0.05) is 38.0 Å². The molecule has 0 saturated heterocycles. The van der Waals surface area contributed by atoms with Gasteiger partial charge in [0.2, 0.25) is 0 Å². The maximum absolute atomic E-state index is 5.88. The second kappa shape index (κ2) is 6.62. The summed E-state index contributed by atoms with van der Waals surface area (Å²) in [5.74, 6) is 1.60. The molecule has 1 aliphatic rings. The maximum atomic E-state index is 5.88. The van der Waals surface area contributed by atoms with Gasteiger partial charge in [0.25, 0.3) is 0 Å². The minimum absolute atomic E-state index is 0.479. The highest BCUT2D eigenvalue weighted by molar-refractivity contribution is 7.98. The van der Waals surface area contributed by atoms with Crippen molar-refractivity contribution in [1.82, 2.24) is 0 Å². The quantitative estimate of drug-likeness (QED) is 0.638. The van der Waals surface area contributed by atoms with Crippen LogP contribution in [0.2, 0.25) is 0 Å². The van der Waals surface area contributed by atoms with Crippen LogP contribution >= 0.6 is 24.0 Å². The zero-order valence-electron chi connectivity index (χ0n) is 11.6. The van der Waals surface area contributed by atoms with Gasteiger partial charge in [-0.15, -0.1) is 11.8 Å². The Morgan fingerprint density at radius 1 is 1.47 bits per heavy atom. The first-order chi connectivity index (χ1) is 9.13. The van der Waals surface area contributed by atoms with E-state index in [-0.39, 0.29) is 0 Å². The summed E-state index contributed by atoms with van der Waals surface area (Å²) < 4.78 is 0. The number of hydrogen-bond donors (Lipinski definition) is 2. The van der Waals surface area contributed by atoms with Crippen LogP contribution in [0.15, 0.2) is 23.1 Å². The van der Waals surface area contributed by atoms with Gasteiger partial charge in [0.05, 0.1) is 0 Å². The highest BCUT2D eigenvalue weighted by atomic mass is 32.2. The molecule has 2 unspecified atom stereocenters. The topological polar surface area (TPSA) is 38.0 Å². The Kier molecular flexibility index (Phi) is 5.11. The highest BCUT2D eigenvalue weighted by Gasteiger charge is 2.23. The number of hydrogen-bond acceptors (Lipinski definition) is 3. The van der Waals surface area contributed by atoms with Crippen molar-refractivity contribution in [3.63, 3.8) is 0 Å². The molecule has 3 N–H and O–H groups in total. The van der Waals surface area contributed by atoms with E-state index in [1.807, 2.05) is 0 Å². The molecule has 0 spiro atoms. The van der Waals surface area contributed by atoms with Gasteiger partial charge in [-0.3, -0.25) is 0 Å². The van der Waals surface area contributed by atoms with E-state index in [9.17, 15) is 0 Å². The van der Waals surface area contributed by atoms with Gasteiger partial charge < -0.3 is 11.1 Å². The van der Waals surface area contributed by atoms with E-state index in [4.69, 9.17) is 18.0 Å². The molecule has 2 nitrogen and oxygen atoms in total. The summed E-state index contributed by atoms with van der Waals surface area (Å²) in [4.78, 5) is 1.63. The molecule has 0 amide bonds. The molecule has 0 radical (unpaired) electrons. The molecular weight excluding hydrogens is 272 g/mol.